The van der Waals surface area contributed by atoms with Crippen molar-refractivity contribution < 1.29 is 14.3 Å². The monoisotopic (exact) mass is 262 g/mol. The summed E-state index contributed by atoms with van der Waals surface area (Å²) < 4.78 is 11.1. The molecule has 3 N–H and O–H groups in total. The number of hydrogen-bond donors (Lipinski definition) is 2. The maximum Gasteiger partial charge on any atom is 0.258 e. The molecule has 2 saturated heterocycles. The highest BCUT2D eigenvalue weighted by Gasteiger charge is 2.41. The number of hydrogen-bond acceptors (Lipinski definition) is 4. The Morgan fingerprint density at radius 2 is 2.26 bits per heavy atom. The van der Waals surface area contributed by atoms with E-state index in [1.165, 1.54) is 0 Å². The maximum absolute atomic E-state index is 11.8. The number of carbonyl (C=O) groups excluding carboxylic acids is 1. The second-order valence-corrected chi connectivity index (χ2v) is 5.11. The van der Waals surface area contributed by atoms with Crippen LogP contribution in [0.3, 0.4) is 0 Å². The summed E-state index contributed by atoms with van der Waals surface area (Å²) in [5.41, 5.74) is 6.28. The molecular weight excluding hydrogens is 244 g/mol. The quantitative estimate of drug-likeness (QED) is 0.796. The molecule has 2 heterocycles. The second kappa shape index (κ2) is 5.09. The fourth-order valence-electron chi connectivity index (χ4n) is 2.79. The fraction of sp³-hybridized carbons (Fsp3) is 0.500. The van der Waals surface area contributed by atoms with Crippen molar-refractivity contribution in [3.05, 3.63) is 24.3 Å². The molecule has 19 heavy (non-hydrogen) atoms. The van der Waals surface area contributed by atoms with Gasteiger partial charge in [0.25, 0.3) is 5.91 Å². The zero-order valence-corrected chi connectivity index (χ0v) is 10.7. The predicted octanol–water partition coefficient (Wildman–Crippen LogP) is 1.08. The summed E-state index contributed by atoms with van der Waals surface area (Å²) >= 11 is 0. The van der Waals surface area contributed by atoms with Gasteiger partial charge in [-0.15, -0.1) is 0 Å². The summed E-state index contributed by atoms with van der Waals surface area (Å²) in [6, 6.07) is 7.30. The normalized spacial score (nSPS) is 28.3. The molecule has 3 unspecified atom stereocenters. The molecule has 5 heteroatoms. The Hall–Kier alpha value is -1.75. The smallest absolute Gasteiger partial charge is 0.258 e. The van der Waals surface area contributed by atoms with E-state index in [1.807, 2.05) is 12.1 Å². The van der Waals surface area contributed by atoms with Gasteiger partial charge in [-0.1, -0.05) is 12.1 Å². The SMILES string of the molecule is Nc1ccccc1OCC(=O)NC1CC2CCC1O2. The molecule has 1 amide bonds. The lowest BCUT2D eigenvalue weighted by Crippen LogP contribution is -2.43. The van der Waals surface area contributed by atoms with Crippen LogP contribution in [0.15, 0.2) is 24.3 Å². The van der Waals surface area contributed by atoms with Crippen LogP contribution in [-0.4, -0.2) is 30.8 Å². The zero-order valence-electron chi connectivity index (χ0n) is 10.7. The molecule has 1 aromatic carbocycles. The van der Waals surface area contributed by atoms with Gasteiger partial charge in [-0.25, -0.2) is 0 Å². The molecular formula is C14H18N2O3. The van der Waals surface area contributed by atoms with Gasteiger partial charge in [0.2, 0.25) is 0 Å². The summed E-state index contributed by atoms with van der Waals surface area (Å²) in [5.74, 6) is 0.422. The number of fused-ring (bicyclic) bond motifs is 2. The van der Waals surface area contributed by atoms with E-state index in [4.69, 9.17) is 15.2 Å². The third-order valence-electron chi connectivity index (χ3n) is 3.73. The third kappa shape index (κ3) is 2.66. The summed E-state index contributed by atoms with van der Waals surface area (Å²) in [6.07, 6.45) is 3.61. The van der Waals surface area contributed by atoms with Gasteiger partial charge in [-0.3, -0.25) is 4.79 Å². The van der Waals surface area contributed by atoms with Crippen molar-refractivity contribution in [1.29, 1.82) is 0 Å². The van der Waals surface area contributed by atoms with E-state index in [0.29, 0.717) is 17.5 Å². The summed E-state index contributed by atoms with van der Waals surface area (Å²) in [6.45, 7) is -0.0118. The van der Waals surface area contributed by atoms with E-state index in [9.17, 15) is 4.79 Å². The summed E-state index contributed by atoms with van der Waals surface area (Å²) in [5, 5.41) is 2.97. The van der Waals surface area contributed by atoms with Crippen LogP contribution in [0.4, 0.5) is 5.69 Å². The van der Waals surface area contributed by atoms with Crippen molar-refractivity contribution in [3.8, 4) is 5.75 Å². The number of rotatable bonds is 4. The number of nitrogen functional groups attached to an aromatic ring is 1. The van der Waals surface area contributed by atoms with Crippen molar-refractivity contribution >= 4 is 11.6 Å². The van der Waals surface area contributed by atoms with E-state index in [-0.39, 0.29) is 24.7 Å². The molecule has 0 saturated carbocycles. The molecule has 2 bridgehead atoms. The number of nitrogens with two attached hydrogens (primary N) is 1. The van der Waals surface area contributed by atoms with Crippen LogP contribution >= 0.6 is 0 Å². The van der Waals surface area contributed by atoms with Crippen LogP contribution < -0.4 is 15.8 Å². The average Bonchev–Trinajstić information content (AvgIpc) is 3.00. The van der Waals surface area contributed by atoms with Crippen LogP contribution in [0.2, 0.25) is 0 Å². The fourth-order valence-corrected chi connectivity index (χ4v) is 2.79. The number of benzene rings is 1. The number of amides is 1. The van der Waals surface area contributed by atoms with Crippen LogP contribution in [0, 0.1) is 0 Å². The molecule has 3 atom stereocenters. The van der Waals surface area contributed by atoms with Gasteiger partial charge < -0.3 is 20.5 Å². The first kappa shape index (κ1) is 12.3. The van der Waals surface area contributed by atoms with Crippen molar-refractivity contribution in [2.24, 2.45) is 0 Å². The maximum atomic E-state index is 11.8. The largest absolute Gasteiger partial charge is 0.482 e. The molecule has 2 aliphatic rings. The molecule has 102 valence electrons. The number of para-hydroxylation sites is 2. The van der Waals surface area contributed by atoms with Gasteiger partial charge in [-0.2, -0.15) is 0 Å². The van der Waals surface area contributed by atoms with Gasteiger partial charge in [0.1, 0.15) is 5.75 Å². The number of carbonyl (C=O) groups is 1. The summed E-state index contributed by atoms with van der Waals surface area (Å²) in [4.78, 5) is 11.8. The molecule has 2 fully saturated rings. The van der Waals surface area contributed by atoms with Gasteiger partial charge in [0.15, 0.2) is 6.61 Å². The molecule has 0 radical (unpaired) electrons. The predicted molar refractivity (Wildman–Crippen MR) is 70.8 cm³/mol. The van der Waals surface area contributed by atoms with Crippen molar-refractivity contribution in [2.75, 3.05) is 12.3 Å². The van der Waals surface area contributed by atoms with E-state index >= 15 is 0 Å². The van der Waals surface area contributed by atoms with Crippen LogP contribution in [0.25, 0.3) is 0 Å². The molecule has 1 aromatic rings. The first-order chi connectivity index (χ1) is 9.22. The lowest BCUT2D eigenvalue weighted by atomic mass is 9.95. The zero-order chi connectivity index (χ0) is 13.2. The molecule has 3 rings (SSSR count). The minimum Gasteiger partial charge on any atom is -0.482 e. The van der Waals surface area contributed by atoms with Gasteiger partial charge in [-0.05, 0) is 31.4 Å². The summed E-state index contributed by atoms with van der Waals surface area (Å²) in [7, 11) is 0. The number of ether oxygens (including phenoxy) is 2. The van der Waals surface area contributed by atoms with Gasteiger partial charge in [0, 0.05) is 0 Å². The minimum absolute atomic E-state index is 0.0118. The Bertz CT molecular complexity index is 478. The number of nitrogens with one attached hydrogen (secondary N) is 1. The average molecular weight is 262 g/mol. The van der Waals surface area contributed by atoms with E-state index in [2.05, 4.69) is 5.32 Å². The Morgan fingerprint density at radius 1 is 1.42 bits per heavy atom. The van der Waals surface area contributed by atoms with Gasteiger partial charge >= 0.3 is 0 Å². The highest BCUT2D eigenvalue weighted by atomic mass is 16.5. The number of anilines is 1. The van der Waals surface area contributed by atoms with Crippen LogP contribution in [-0.2, 0) is 9.53 Å². The Balaban J connectivity index is 1.48. The molecule has 2 aliphatic heterocycles. The van der Waals surface area contributed by atoms with E-state index in [0.717, 1.165) is 19.3 Å². The van der Waals surface area contributed by atoms with Crippen molar-refractivity contribution in [3.63, 3.8) is 0 Å². The highest BCUT2D eigenvalue weighted by molar-refractivity contribution is 5.78. The lowest BCUT2D eigenvalue weighted by Gasteiger charge is -2.20. The topological polar surface area (TPSA) is 73.6 Å². The minimum atomic E-state index is -0.121. The molecule has 5 nitrogen and oxygen atoms in total. The van der Waals surface area contributed by atoms with Crippen molar-refractivity contribution in [1.82, 2.24) is 5.32 Å². The Labute approximate surface area is 112 Å². The lowest BCUT2D eigenvalue weighted by molar-refractivity contribution is -0.124. The van der Waals surface area contributed by atoms with E-state index < -0.39 is 0 Å². The standard InChI is InChI=1S/C14H18N2O3/c15-10-3-1-2-4-12(10)18-8-14(17)16-11-7-9-5-6-13(11)19-9/h1-4,9,11,13H,5-8,15H2,(H,16,17). The second-order valence-electron chi connectivity index (χ2n) is 5.11. The van der Waals surface area contributed by atoms with Crippen LogP contribution in [0.5, 0.6) is 5.75 Å². The molecule has 0 aliphatic carbocycles. The van der Waals surface area contributed by atoms with Crippen molar-refractivity contribution in [2.45, 2.75) is 37.5 Å². The van der Waals surface area contributed by atoms with Crippen LogP contribution in [0.1, 0.15) is 19.3 Å². The highest BCUT2D eigenvalue weighted by Crippen LogP contribution is 2.34. The van der Waals surface area contributed by atoms with E-state index in [1.54, 1.807) is 12.1 Å². The first-order valence-electron chi connectivity index (χ1n) is 6.64. The van der Waals surface area contributed by atoms with Gasteiger partial charge in [0.05, 0.1) is 23.9 Å². The first-order valence-corrected chi connectivity index (χ1v) is 6.64. The molecule has 0 spiro atoms. The molecule has 0 aromatic heterocycles. The third-order valence-corrected chi connectivity index (χ3v) is 3.73. The Morgan fingerprint density at radius 3 is 2.95 bits per heavy atom. The Kier molecular flexibility index (Phi) is 3.29.